The van der Waals surface area contributed by atoms with Crippen molar-refractivity contribution in [1.82, 2.24) is 9.97 Å². The van der Waals surface area contributed by atoms with Crippen molar-refractivity contribution in [2.24, 2.45) is 0 Å². The molecule has 0 aliphatic rings. The summed E-state index contributed by atoms with van der Waals surface area (Å²) in [7, 11) is 0. The second kappa shape index (κ2) is 3.34. The first-order chi connectivity index (χ1) is 3.00. The van der Waals surface area contributed by atoms with Crippen molar-refractivity contribution < 1.29 is 0 Å². The van der Waals surface area contributed by atoms with Crippen LogP contribution in [0.3, 0.4) is 0 Å². The molecule has 0 aromatic carbocycles. The average Bonchev–Trinajstić information content (AvgIpc) is 1.72. The van der Waals surface area contributed by atoms with E-state index in [1.807, 2.05) is 0 Å². The van der Waals surface area contributed by atoms with E-state index in [9.17, 15) is 0 Å². The predicted octanol–water partition coefficient (Wildman–Crippen LogP) is -0.707. The van der Waals surface area contributed by atoms with Crippen LogP contribution in [-0.4, -0.2) is 18.4 Å². The summed E-state index contributed by atoms with van der Waals surface area (Å²) in [5.41, 5.74) is 0. The third-order valence-corrected chi connectivity index (χ3v) is 0.478. The quantitative estimate of drug-likeness (QED) is 0.397. The molecular formula is C4H7BN2. The van der Waals surface area contributed by atoms with Crippen molar-refractivity contribution in [2.75, 3.05) is 0 Å². The number of hydrogen-bond donors (Lipinski definition) is 0. The van der Waals surface area contributed by atoms with Crippen molar-refractivity contribution >= 4 is 8.41 Å². The van der Waals surface area contributed by atoms with Gasteiger partial charge in [0, 0.05) is 12.4 Å². The van der Waals surface area contributed by atoms with Crippen LogP contribution >= 0.6 is 0 Å². The summed E-state index contributed by atoms with van der Waals surface area (Å²) < 4.78 is 0. The molecule has 0 spiro atoms. The van der Waals surface area contributed by atoms with Gasteiger partial charge in [-0.2, -0.15) is 0 Å². The van der Waals surface area contributed by atoms with E-state index in [0.717, 1.165) is 0 Å². The topological polar surface area (TPSA) is 25.8 Å². The van der Waals surface area contributed by atoms with E-state index in [-0.39, 0.29) is 8.41 Å². The molecule has 0 fully saturated rings. The van der Waals surface area contributed by atoms with Crippen molar-refractivity contribution in [3.05, 3.63) is 24.8 Å². The maximum absolute atomic E-state index is 3.67. The molecule has 0 saturated heterocycles. The molecule has 0 aliphatic heterocycles. The van der Waals surface area contributed by atoms with Crippen LogP contribution in [0.15, 0.2) is 24.8 Å². The second-order valence-electron chi connectivity index (χ2n) is 0.904. The zero-order valence-electron chi connectivity index (χ0n) is 3.20. The van der Waals surface area contributed by atoms with Gasteiger partial charge in [0.2, 0.25) is 0 Å². The molecule has 3 heteroatoms. The van der Waals surface area contributed by atoms with Crippen LogP contribution in [0.5, 0.6) is 0 Å². The minimum Gasteiger partial charge on any atom is -0.245 e. The van der Waals surface area contributed by atoms with Gasteiger partial charge in [-0.15, -0.1) is 0 Å². The molecular weight excluding hydrogens is 86.9 g/mol. The molecule has 1 heterocycles. The molecule has 1 rings (SSSR count). The van der Waals surface area contributed by atoms with Gasteiger partial charge in [-0.1, -0.05) is 0 Å². The Kier molecular flexibility index (Phi) is 2.93. The van der Waals surface area contributed by atoms with Gasteiger partial charge in [-0.05, 0) is 6.07 Å². The summed E-state index contributed by atoms with van der Waals surface area (Å²) in [6.07, 6.45) is 4.88. The first-order valence-electron chi connectivity index (χ1n) is 1.70. The fraction of sp³-hybridized carbons (Fsp3) is 0. The average molecular weight is 93.9 g/mol. The van der Waals surface area contributed by atoms with Crippen LogP contribution in [0.1, 0.15) is 0 Å². The summed E-state index contributed by atoms with van der Waals surface area (Å²) in [6, 6.07) is 1.78. The van der Waals surface area contributed by atoms with Gasteiger partial charge in [0.15, 0.2) is 0 Å². The lowest BCUT2D eigenvalue weighted by atomic mass is 10.7. The summed E-state index contributed by atoms with van der Waals surface area (Å²) >= 11 is 0. The van der Waals surface area contributed by atoms with Crippen molar-refractivity contribution in [1.29, 1.82) is 0 Å². The number of aromatic nitrogens is 2. The highest BCUT2D eigenvalue weighted by molar-refractivity contribution is 5.75. The molecule has 0 N–H and O–H groups in total. The van der Waals surface area contributed by atoms with Crippen LogP contribution in [0.25, 0.3) is 0 Å². The molecule has 2 nitrogen and oxygen atoms in total. The van der Waals surface area contributed by atoms with Crippen LogP contribution in [-0.2, 0) is 0 Å². The molecule has 36 valence electrons. The van der Waals surface area contributed by atoms with Crippen LogP contribution in [0.2, 0.25) is 0 Å². The van der Waals surface area contributed by atoms with Crippen molar-refractivity contribution in [3.8, 4) is 0 Å². The Morgan fingerprint density at radius 2 is 1.57 bits per heavy atom. The van der Waals surface area contributed by atoms with E-state index in [2.05, 4.69) is 9.97 Å². The minimum absolute atomic E-state index is 0. The number of rotatable bonds is 0. The highest BCUT2D eigenvalue weighted by Gasteiger charge is 1.59. The summed E-state index contributed by atoms with van der Waals surface area (Å²) in [5.74, 6) is 0. The van der Waals surface area contributed by atoms with Gasteiger partial charge in [0.25, 0.3) is 0 Å². The lowest BCUT2D eigenvalue weighted by Gasteiger charge is -1.70. The van der Waals surface area contributed by atoms with E-state index in [4.69, 9.17) is 0 Å². The Morgan fingerprint density at radius 3 is 1.71 bits per heavy atom. The van der Waals surface area contributed by atoms with Crippen molar-refractivity contribution in [3.63, 3.8) is 0 Å². The molecule has 0 amide bonds. The fourth-order valence-electron chi connectivity index (χ4n) is 0.253. The molecule has 0 radical (unpaired) electrons. The minimum atomic E-state index is 0. The Hall–Kier alpha value is -0.855. The van der Waals surface area contributed by atoms with Crippen LogP contribution < -0.4 is 0 Å². The Bertz CT molecular complexity index is 81.6. The Morgan fingerprint density at radius 1 is 1.00 bits per heavy atom. The molecule has 0 atom stereocenters. The molecule has 1 aromatic heterocycles. The van der Waals surface area contributed by atoms with Crippen molar-refractivity contribution in [2.45, 2.75) is 0 Å². The first-order valence-corrected chi connectivity index (χ1v) is 1.70. The van der Waals surface area contributed by atoms with E-state index >= 15 is 0 Å². The van der Waals surface area contributed by atoms with Gasteiger partial charge in [-0.25, -0.2) is 9.97 Å². The number of hydrogen-bond acceptors (Lipinski definition) is 2. The highest BCUT2D eigenvalue weighted by atomic mass is 14.8. The third-order valence-electron chi connectivity index (χ3n) is 0.478. The molecule has 0 saturated carbocycles. The van der Waals surface area contributed by atoms with Gasteiger partial charge >= 0.3 is 0 Å². The van der Waals surface area contributed by atoms with E-state index < -0.39 is 0 Å². The second-order valence-corrected chi connectivity index (χ2v) is 0.904. The van der Waals surface area contributed by atoms with E-state index in [1.54, 1.807) is 18.5 Å². The Balaban J connectivity index is 0.000000360. The largest absolute Gasteiger partial charge is 0.245 e. The molecule has 0 bridgehead atoms. The van der Waals surface area contributed by atoms with Crippen LogP contribution in [0.4, 0.5) is 0 Å². The number of nitrogens with zero attached hydrogens (tertiary/aromatic N) is 2. The smallest absolute Gasteiger partial charge is 0.115 e. The lowest BCUT2D eigenvalue weighted by Crippen LogP contribution is -1.66. The van der Waals surface area contributed by atoms with Gasteiger partial charge in [-0.3, -0.25) is 0 Å². The molecule has 0 unspecified atom stereocenters. The predicted molar refractivity (Wildman–Crippen MR) is 32.0 cm³/mol. The van der Waals surface area contributed by atoms with Gasteiger partial charge in [0.05, 0.1) is 8.41 Å². The zero-order chi connectivity index (χ0) is 4.24. The first kappa shape index (κ1) is 6.14. The summed E-state index contributed by atoms with van der Waals surface area (Å²) in [4.78, 5) is 7.35. The van der Waals surface area contributed by atoms with Crippen LogP contribution in [0, 0.1) is 0 Å². The Labute approximate surface area is 44.2 Å². The standard InChI is InChI=1S/C4H4N2.BH3/c1-2-5-4-6-3-1;/h1-4H;1H3. The van der Waals surface area contributed by atoms with Gasteiger partial charge < -0.3 is 0 Å². The normalized spacial score (nSPS) is 6.86. The highest BCUT2D eigenvalue weighted by Crippen LogP contribution is 1.66. The molecule has 1 aromatic rings. The van der Waals surface area contributed by atoms with Gasteiger partial charge in [0.1, 0.15) is 6.33 Å². The lowest BCUT2D eigenvalue weighted by molar-refractivity contribution is 1.17. The SMILES string of the molecule is B.c1cncnc1. The monoisotopic (exact) mass is 94.1 g/mol. The van der Waals surface area contributed by atoms with E-state index in [0.29, 0.717) is 0 Å². The maximum Gasteiger partial charge on any atom is 0.115 e. The zero-order valence-corrected chi connectivity index (χ0v) is 3.20. The van der Waals surface area contributed by atoms with E-state index in [1.165, 1.54) is 6.33 Å². The maximum atomic E-state index is 3.67. The molecule has 7 heavy (non-hydrogen) atoms. The fourth-order valence-corrected chi connectivity index (χ4v) is 0.253. The molecule has 0 aliphatic carbocycles. The summed E-state index contributed by atoms with van der Waals surface area (Å²) in [5, 5.41) is 0. The third kappa shape index (κ3) is 1.92. The summed E-state index contributed by atoms with van der Waals surface area (Å²) in [6.45, 7) is 0.